The number of sulfonamides is 1. The van der Waals surface area contributed by atoms with Crippen molar-refractivity contribution in [2.24, 2.45) is 0 Å². The summed E-state index contributed by atoms with van der Waals surface area (Å²) < 4.78 is 35.2. The number of anilines is 1. The Morgan fingerprint density at radius 1 is 0.941 bits per heavy atom. The molecule has 0 fully saturated rings. The van der Waals surface area contributed by atoms with E-state index in [1.807, 2.05) is 37.3 Å². The van der Waals surface area contributed by atoms with Gasteiger partial charge in [0, 0.05) is 36.2 Å². The second-order valence-electron chi connectivity index (χ2n) is 11.7. The van der Waals surface area contributed by atoms with E-state index < -0.39 is 49.9 Å². The third kappa shape index (κ3) is 9.91. The summed E-state index contributed by atoms with van der Waals surface area (Å²) in [4.78, 5) is 40.7. The average Bonchev–Trinajstić information content (AvgIpc) is 3.10. The molecule has 0 spiro atoms. The number of nitrogens with one attached hydrogen (secondary N) is 1. The van der Waals surface area contributed by atoms with Crippen molar-refractivity contribution < 1.29 is 27.7 Å². The van der Waals surface area contributed by atoms with Gasteiger partial charge in [-0.3, -0.25) is 24.0 Å². The predicted octanol–water partition coefficient (Wildman–Crippen LogP) is 7.62. The van der Waals surface area contributed by atoms with Crippen molar-refractivity contribution >= 4 is 68.0 Å². The molecule has 270 valence electrons. The Balaban J connectivity index is 1.89. The Hall–Kier alpha value is -4.36. The molecule has 0 radical (unpaired) electrons. The van der Waals surface area contributed by atoms with E-state index in [-0.39, 0.29) is 45.0 Å². The largest absolute Gasteiger partial charge is 0.495 e. The summed E-state index contributed by atoms with van der Waals surface area (Å²) >= 11 is 18.9. The van der Waals surface area contributed by atoms with Crippen LogP contribution in [0.1, 0.15) is 36.5 Å². The Kier molecular flexibility index (Phi) is 13.7. The minimum Gasteiger partial charge on any atom is -0.495 e. The van der Waals surface area contributed by atoms with Gasteiger partial charge in [-0.2, -0.15) is 0 Å². The van der Waals surface area contributed by atoms with E-state index in [2.05, 4.69) is 5.32 Å². The smallest absolute Gasteiger partial charge is 0.273 e. The zero-order chi connectivity index (χ0) is 37.3. The number of carbonyl (C=O) groups is 2. The van der Waals surface area contributed by atoms with Gasteiger partial charge in [0.25, 0.3) is 15.7 Å². The number of nitro groups is 1. The SMILES string of the molecule is CCCCNC(=O)C(Cc1ccccc1)N(Cc1ccc(Cl)c(Cl)c1)C(=O)CN(c1cc(Cl)ccc1OC)S(=O)(=O)c1ccc(C)c([N+](=O)[O-])c1. The van der Waals surface area contributed by atoms with Crippen molar-refractivity contribution in [1.82, 2.24) is 10.2 Å². The van der Waals surface area contributed by atoms with E-state index in [9.17, 15) is 28.1 Å². The molecule has 4 aromatic carbocycles. The van der Waals surface area contributed by atoms with Crippen LogP contribution >= 0.6 is 34.8 Å². The van der Waals surface area contributed by atoms with Crippen LogP contribution in [-0.4, -0.2) is 56.3 Å². The number of hydrogen-bond acceptors (Lipinski definition) is 7. The third-order valence-electron chi connectivity index (χ3n) is 8.09. The minimum absolute atomic E-state index is 0.0616. The van der Waals surface area contributed by atoms with Gasteiger partial charge < -0.3 is 15.0 Å². The highest BCUT2D eigenvalue weighted by Crippen LogP contribution is 2.36. The molecule has 1 atom stereocenters. The van der Waals surface area contributed by atoms with Crippen LogP contribution in [-0.2, 0) is 32.6 Å². The Bertz CT molecular complexity index is 2000. The maximum Gasteiger partial charge on any atom is 0.273 e. The van der Waals surface area contributed by atoms with Crippen molar-refractivity contribution in [2.45, 2.75) is 50.6 Å². The standard InChI is InChI=1S/C36H37Cl3N4O7S/c1-4-5-17-40-36(45)33(19-25-9-7-6-8-10-25)41(22-26-12-15-29(38)30(39)18-26)35(44)23-42(32-20-27(37)13-16-34(32)50-3)51(48,49)28-14-11-24(2)31(21-28)43(46)47/h6-16,18,20-21,33H,4-5,17,19,22-23H2,1-3H3,(H,40,45). The van der Waals surface area contributed by atoms with Crippen LogP contribution in [0.15, 0.2) is 89.8 Å². The van der Waals surface area contributed by atoms with Gasteiger partial charge in [0.05, 0.1) is 32.7 Å². The molecular formula is C36H37Cl3N4O7S. The fraction of sp³-hybridized carbons (Fsp3) is 0.278. The first-order chi connectivity index (χ1) is 24.3. The van der Waals surface area contributed by atoms with Crippen molar-refractivity contribution in [1.29, 1.82) is 0 Å². The molecule has 4 aromatic rings. The van der Waals surface area contributed by atoms with E-state index >= 15 is 0 Å². The summed E-state index contributed by atoms with van der Waals surface area (Å²) in [7, 11) is -3.39. The van der Waals surface area contributed by atoms with Crippen LogP contribution in [0, 0.1) is 17.0 Å². The van der Waals surface area contributed by atoms with Crippen molar-refractivity contribution in [3.05, 3.63) is 127 Å². The lowest BCUT2D eigenvalue weighted by Gasteiger charge is -2.34. The van der Waals surface area contributed by atoms with Gasteiger partial charge >= 0.3 is 0 Å². The summed E-state index contributed by atoms with van der Waals surface area (Å²) in [6.07, 6.45) is 1.62. The maximum atomic E-state index is 14.7. The lowest BCUT2D eigenvalue weighted by Crippen LogP contribution is -2.53. The number of nitrogens with zero attached hydrogens (tertiary/aromatic N) is 3. The minimum atomic E-state index is -4.71. The number of hydrogen-bond donors (Lipinski definition) is 1. The second-order valence-corrected chi connectivity index (χ2v) is 14.8. The fourth-order valence-electron chi connectivity index (χ4n) is 5.34. The number of aryl methyl sites for hydroxylation is 1. The van der Waals surface area contributed by atoms with Gasteiger partial charge in [-0.05, 0) is 60.9 Å². The number of halogens is 3. The number of ether oxygens (including phenoxy) is 1. The van der Waals surface area contributed by atoms with E-state index in [0.717, 1.165) is 22.4 Å². The van der Waals surface area contributed by atoms with E-state index in [1.165, 1.54) is 49.3 Å². The molecule has 0 aliphatic rings. The van der Waals surface area contributed by atoms with E-state index in [1.54, 1.807) is 18.2 Å². The maximum absolute atomic E-state index is 14.7. The van der Waals surface area contributed by atoms with Crippen LogP contribution in [0.3, 0.4) is 0 Å². The van der Waals surface area contributed by atoms with Crippen LogP contribution in [0.25, 0.3) is 0 Å². The summed E-state index contributed by atoms with van der Waals surface area (Å²) in [5.41, 5.74) is 1.01. The van der Waals surface area contributed by atoms with Crippen molar-refractivity contribution in [3.8, 4) is 5.75 Å². The van der Waals surface area contributed by atoms with Crippen LogP contribution in [0.5, 0.6) is 5.75 Å². The summed E-state index contributed by atoms with van der Waals surface area (Å²) in [5, 5.41) is 15.4. The van der Waals surface area contributed by atoms with Crippen molar-refractivity contribution in [3.63, 3.8) is 0 Å². The fourth-order valence-corrected chi connectivity index (χ4v) is 7.26. The van der Waals surface area contributed by atoms with E-state index in [0.29, 0.717) is 18.5 Å². The quantitative estimate of drug-likeness (QED) is 0.0702. The topological polar surface area (TPSA) is 139 Å². The highest BCUT2D eigenvalue weighted by atomic mass is 35.5. The number of carbonyl (C=O) groups excluding carboxylic acids is 2. The molecule has 0 aliphatic heterocycles. The monoisotopic (exact) mass is 774 g/mol. The molecule has 51 heavy (non-hydrogen) atoms. The lowest BCUT2D eigenvalue weighted by molar-refractivity contribution is -0.385. The second kappa shape index (κ2) is 17.7. The molecule has 1 unspecified atom stereocenters. The molecule has 2 amide bonds. The van der Waals surface area contributed by atoms with Gasteiger partial charge in [0.1, 0.15) is 18.3 Å². The zero-order valence-corrected chi connectivity index (χ0v) is 31.2. The summed E-state index contributed by atoms with van der Waals surface area (Å²) in [6, 6.07) is 20.5. The molecule has 0 bridgehead atoms. The number of amides is 2. The first-order valence-electron chi connectivity index (χ1n) is 15.9. The van der Waals surface area contributed by atoms with Gasteiger partial charge in [-0.15, -0.1) is 0 Å². The number of rotatable bonds is 16. The summed E-state index contributed by atoms with van der Waals surface area (Å²) in [6.45, 7) is 2.84. The highest BCUT2D eigenvalue weighted by Gasteiger charge is 2.36. The molecule has 0 saturated heterocycles. The molecule has 15 heteroatoms. The Morgan fingerprint density at radius 2 is 1.67 bits per heavy atom. The molecule has 0 aliphatic carbocycles. The average molecular weight is 776 g/mol. The first-order valence-corrected chi connectivity index (χ1v) is 18.5. The van der Waals surface area contributed by atoms with Crippen LogP contribution in [0.2, 0.25) is 15.1 Å². The number of methoxy groups -OCH3 is 1. The van der Waals surface area contributed by atoms with Gasteiger partial charge in [-0.25, -0.2) is 8.42 Å². The lowest BCUT2D eigenvalue weighted by atomic mass is 10.0. The van der Waals surface area contributed by atoms with Gasteiger partial charge in [0.2, 0.25) is 11.8 Å². The molecular weight excluding hydrogens is 739 g/mol. The summed E-state index contributed by atoms with van der Waals surface area (Å²) in [5.74, 6) is -1.14. The molecule has 1 N–H and O–H groups in total. The Labute approximate surface area is 312 Å². The normalized spacial score (nSPS) is 11.8. The highest BCUT2D eigenvalue weighted by molar-refractivity contribution is 7.92. The third-order valence-corrected chi connectivity index (χ3v) is 10.8. The van der Waals surface area contributed by atoms with Crippen LogP contribution < -0.4 is 14.4 Å². The zero-order valence-electron chi connectivity index (χ0n) is 28.1. The van der Waals surface area contributed by atoms with Crippen molar-refractivity contribution in [2.75, 3.05) is 24.5 Å². The molecule has 4 rings (SSSR count). The number of benzene rings is 4. The van der Waals surface area contributed by atoms with Gasteiger partial charge in [0.15, 0.2) is 0 Å². The van der Waals surface area contributed by atoms with Gasteiger partial charge in [-0.1, -0.05) is 90.6 Å². The molecule has 0 aromatic heterocycles. The molecule has 11 nitrogen and oxygen atoms in total. The van der Waals surface area contributed by atoms with E-state index in [4.69, 9.17) is 39.5 Å². The van der Waals surface area contributed by atoms with Crippen LogP contribution in [0.4, 0.5) is 11.4 Å². The molecule has 0 heterocycles. The number of unbranched alkanes of at least 4 members (excludes halogenated alkanes) is 1. The molecule has 0 saturated carbocycles. The first kappa shape index (κ1) is 39.4. The Morgan fingerprint density at radius 3 is 2.31 bits per heavy atom. The number of nitro benzene ring substituents is 1. The predicted molar refractivity (Wildman–Crippen MR) is 199 cm³/mol.